The molecule has 0 aliphatic carbocycles. The second kappa shape index (κ2) is 6.52. The number of nitrogens with zero attached hydrogens (tertiary/aromatic N) is 1. The number of aryl methyl sites for hydroxylation is 1. The summed E-state index contributed by atoms with van der Waals surface area (Å²) < 4.78 is 5.36. The van der Waals surface area contributed by atoms with E-state index in [0.29, 0.717) is 12.1 Å². The van der Waals surface area contributed by atoms with Gasteiger partial charge in [-0.15, -0.1) is 0 Å². The summed E-state index contributed by atoms with van der Waals surface area (Å²) >= 11 is 0. The second-order valence-electron chi connectivity index (χ2n) is 6.32. The minimum Gasteiger partial charge on any atom is -0.497 e. The third-order valence-corrected chi connectivity index (χ3v) is 4.27. The number of rotatable bonds is 6. The molecular weight excluding hydrogens is 260 g/mol. The van der Waals surface area contributed by atoms with Crippen LogP contribution in [0.2, 0.25) is 0 Å². The lowest BCUT2D eigenvalue weighted by molar-refractivity contribution is 0.177. The Hall–Kier alpha value is -1.48. The van der Waals surface area contributed by atoms with Gasteiger partial charge in [-0.2, -0.15) is 0 Å². The van der Waals surface area contributed by atoms with E-state index in [0.717, 1.165) is 18.7 Å². The Morgan fingerprint density at radius 3 is 2.38 bits per heavy atom. The van der Waals surface area contributed by atoms with E-state index in [1.807, 2.05) is 6.07 Å². The van der Waals surface area contributed by atoms with Crippen molar-refractivity contribution >= 4 is 10.9 Å². The average Bonchev–Trinajstić information content (AvgIpc) is 2.73. The second-order valence-corrected chi connectivity index (χ2v) is 6.32. The molecule has 0 amide bonds. The lowest BCUT2D eigenvalue weighted by Crippen LogP contribution is -2.38. The van der Waals surface area contributed by atoms with E-state index in [1.54, 1.807) is 7.11 Å². The Balaban J connectivity index is 2.27. The van der Waals surface area contributed by atoms with Crippen LogP contribution in [0.3, 0.4) is 0 Å². The van der Waals surface area contributed by atoms with Crippen LogP contribution >= 0.6 is 0 Å². The maximum absolute atomic E-state index is 5.36. The zero-order valence-corrected chi connectivity index (χ0v) is 14.2. The van der Waals surface area contributed by atoms with Crippen molar-refractivity contribution in [2.24, 2.45) is 0 Å². The molecule has 0 saturated carbocycles. The maximum atomic E-state index is 5.36. The molecule has 1 heterocycles. The first-order chi connectivity index (χ1) is 9.93. The molecule has 1 N–H and O–H groups in total. The highest BCUT2D eigenvalue weighted by atomic mass is 16.5. The molecule has 0 saturated heterocycles. The number of benzene rings is 1. The first-order valence-corrected chi connectivity index (χ1v) is 7.85. The Labute approximate surface area is 128 Å². The van der Waals surface area contributed by atoms with Gasteiger partial charge in [-0.3, -0.25) is 4.90 Å². The van der Waals surface area contributed by atoms with E-state index in [1.165, 1.54) is 22.2 Å². The van der Waals surface area contributed by atoms with Gasteiger partial charge in [0.05, 0.1) is 7.11 Å². The van der Waals surface area contributed by atoms with Gasteiger partial charge >= 0.3 is 0 Å². The largest absolute Gasteiger partial charge is 0.497 e. The van der Waals surface area contributed by atoms with Gasteiger partial charge in [-0.25, -0.2) is 0 Å². The van der Waals surface area contributed by atoms with E-state index in [9.17, 15) is 0 Å². The van der Waals surface area contributed by atoms with E-state index in [2.05, 4.69) is 56.6 Å². The van der Waals surface area contributed by atoms with Crippen molar-refractivity contribution in [3.8, 4) is 5.75 Å². The predicted octanol–water partition coefficient (Wildman–Crippen LogP) is 4.15. The lowest BCUT2D eigenvalue weighted by Gasteiger charge is -2.30. The smallest absolute Gasteiger partial charge is 0.119 e. The molecule has 0 aliphatic rings. The van der Waals surface area contributed by atoms with Crippen LogP contribution < -0.4 is 4.74 Å². The molecule has 0 aliphatic heterocycles. The molecule has 3 nitrogen and oxygen atoms in total. The van der Waals surface area contributed by atoms with E-state index < -0.39 is 0 Å². The summed E-state index contributed by atoms with van der Waals surface area (Å²) in [6.07, 6.45) is 1.06. The highest BCUT2D eigenvalue weighted by Gasteiger charge is 2.15. The van der Waals surface area contributed by atoms with Gasteiger partial charge in [0.1, 0.15) is 5.75 Å². The number of nitrogens with one attached hydrogen (secondary N) is 1. The fourth-order valence-corrected chi connectivity index (χ4v) is 3.16. The van der Waals surface area contributed by atoms with Crippen LogP contribution in [-0.2, 0) is 6.42 Å². The van der Waals surface area contributed by atoms with Gasteiger partial charge in [0.25, 0.3) is 0 Å². The molecule has 2 aromatic rings. The molecular formula is C18H28N2O. The summed E-state index contributed by atoms with van der Waals surface area (Å²) in [6.45, 7) is 12.3. The summed E-state index contributed by atoms with van der Waals surface area (Å²) in [5.41, 5.74) is 3.88. The van der Waals surface area contributed by atoms with Crippen molar-refractivity contribution in [2.75, 3.05) is 13.7 Å². The number of H-pyrrole nitrogens is 1. The SMILES string of the molecule is COc1ccc2[nH]c(C)c(CCN(C(C)C)C(C)C)c2c1. The zero-order chi connectivity index (χ0) is 15.6. The molecule has 1 aromatic heterocycles. The topological polar surface area (TPSA) is 28.3 Å². The molecule has 0 spiro atoms. The quantitative estimate of drug-likeness (QED) is 0.865. The van der Waals surface area contributed by atoms with E-state index >= 15 is 0 Å². The molecule has 21 heavy (non-hydrogen) atoms. The molecule has 1 aromatic carbocycles. The number of ether oxygens (including phenoxy) is 1. The highest BCUT2D eigenvalue weighted by molar-refractivity contribution is 5.86. The fraction of sp³-hybridized carbons (Fsp3) is 0.556. The molecule has 3 heteroatoms. The predicted molar refractivity (Wildman–Crippen MR) is 90.3 cm³/mol. The Bertz CT molecular complexity index is 591. The fourth-order valence-electron chi connectivity index (χ4n) is 3.16. The Morgan fingerprint density at radius 2 is 1.81 bits per heavy atom. The third kappa shape index (κ3) is 3.41. The monoisotopic (exact) mass is 288 g/mol. The van der Waals surface area contributed by atoms with Gasteiger partial charge < -0.3 is 9.72 Å². The number of fused-ring (bicyclic) bond motifs is 1. The Morgan fingerprint density at radius 1 is 1.14 bits per heavy atom. The summed E-state index contributed by atoms with van der Waals surface area (Å²) in [5, 5.41) is 1.29. The molecule has 0 radical (unpaired) electrons. The average molecular weight is 288 g/mol. The molecule has 2 rings (SSSR count). The van der Waals surface area contributed by atoms with Crippen LogP contribution in [0.1, 0.15) is 39.0 Å². The first-order valence-electron chi connectivity index (χ1n) is 7.85. The van der Waals surface area contributed by atoms with Crippen LogP contribution in [-0.4, -0.2) is 35.6 Å². The zero-order valence-electron chi connectivity index (χ0n) is 14.2. The van der Waals surface area contributed by atoms with Crippen LogP contribution in [0, 0.1) is 6.92 Å². The van der Waals surface area contributed by atoms with Gasteiger partial charge in [-0.1, -0.05) is 0 Å². The number of hydrogen-bond donors (Lipinski definition) is 1. The number of aromatic amines is 1. The molecule has 0 fully saturated rings. The van der Waals surface area contributed by atoms with Crippen molar-refractivity contribution in [3.05, 3.63) is 29.5 Å². The first kappa shape index (κ1) is 15.9. The van der Waals surface area contributed by atoms with Gasteiger partial charge in [0.2, 0.25) is 0 Å². The summed E-state index contributed by atoms with van der Waals surface area (Å²) in [4.78, 5) is 6.03. The van der Waals surface area contributed by atoms with E-state index in [-0.39, 0.29) is 0 Å². The van der Waals surface area contributed by atoms with Crippen molar-refractivity contribution in [1.29, 1.82) is 0 Å². The van der Waals surface area contributed by atoms with Crippen LogP contribution in [0.25, 0.3) is 10.9 Å². The molecule has 0 unspecified atom stereocenters. The third-order valence-electron chi connectivity index (χ3n) is 4.27. The van der Waals surface area contributed by atoms with Crippen molar-refractivity contribution in [1.82, 2.24) is 9.88 Å². The summed E-state index contributed by atoms with van der Waals surface area (Å²) in [5.74, 6) is 0.923. The number of aromatic nitrogens is 1. The van der Waals surface area contributed by atoms with Gasteiger partial charge in [0, 0.05) is 35.2 Å². The normalized spacial score (nSPS) is 12.0. The number of hydrogen-bond acceptors (Lipinski definition) is 2. The van der Waals surface area contributed by atoms with Crippen LogP contribution in [0.5, 0.6) is 5.75 Å². The van der Waals surface area contributed by atoms with Crippen LogP contribution in [0.15, 0.2) is 18.2 Å². The summed E-state index contributed by atoms with van der Waals surface area (Å²) in [6, 6.07) is 7.41. The van der Waals surface area contributed by atoms with Gasteiger partial charge in [-0.05, 0) is 64.8 Å². The van der Waals surface area contributed by atoms with Crippen molar-refractivity contribution < 1.29 is 4.74 Å². The number of methoxy groups -OCH3 is 1. The standard InChI is InChI=1S/C18H28N2O/c1-12(2)20(13(3)4)10-9-16-14(5)19-18-8-7-15(21-6)11-17(16)18/h7-8,11-13,19H,9-10H2,1-6H3. The van der Waals surface area contributed by atoms with Gasteiger partial charge in [0.15, 0.2) is 0 Å². The highest BCUT2D eigenvalue weighted by Crippen LogP contribution is 2.27. The minimum absolute atomic E-state index is 0.574. The van der Waals surface area contributed by atoms with Crippen molar-refractivity contribution in [3.63, 3.8) is 0 Å². The van der Waals surface area contributed by atoms with E-state index in [4.69, 9.17) is 4.74 Å². The Kier molecular flexibility index (Phi) is 4.94. The molecule has 0 atom stereocenters. The van der Waals surface area contributed by atoms with Crippen molar-refractivity contribution in [2.45, 2.75) is 53.1 Å². The lowest BCUT2D eigenvalue weighted by atomic mass is 10.1. The maximum Gasteiger partial charge on any atom is 0.119 e. The molecule has 116 valence electrons. The minimum atomic E-state index is 0.574. The molecule has 0 bridgehead atoms. The van der Waals surface area contributed by atoms with Crippen LogP contribution in [0.4, 0.5) is 0 Å². The summed E-state index contributed by atoms with van der Waals surface area (Å²) in [7, 11) is 1.72.